The van der Waals surface area contributed by atoms with Crippen molar-refractivity contribution in [3.63, 3.8) is 0 Å². The van der Waals surface area contributed by atoms with Gasteiger partial charge >= 0.3 is 5.97 Å². The van der Waals surface area contributed by atoms with Gasteiger partial charge in [0, 0.05) is 35.8 Å². The fourth-order valence-electron chi connectivity index (χ4n) is 7.78. The van der Waals surface area contributed by atoms with Gasteiger partial charge in [0.05, 0.1) is 17.6 Å². The molecule has 2 N–H and O–H groups in total. The van der Waals surface area contributed by atoms with E-state index in [1.807, 2.05) is 68.4 Å². The van der Waals surface area contributed by atoms with Crippen molar-refractivity contribution in [2.24, 2.45) is 11.3 Å². The van der Waals surface area contributed by atoms with Crippen molar-refractivity contribution in [3.05, 3.63) is 101 Å². The number of ketones is 1. The summed E-state index contributed by atoms with van der Waals surface area (Å²) in [5.41, 5.74) is 2.65. The van der Waals surface area contributed by atoms with Gasteiger partial charge in [0.15, 0.2) is 5.78 Å². The highest BCUT2D eigenvalue weighted by molar-refractivity contribution is 5.91. The van der Waals surface area contributed by atoms with Crippen LogP contribution in [-0.2, 0) is 21.4 Å². The van der Waals surface area contributed by atoms with Crippen LogP contribution in [0.15, 0.2) is 78.9 Å². The van der Waals surface area contributed by atoms with E-state index < -0.39 is 22.8 Å². The van der Waals surface area contributed by atoms with E-state index in [2.05, 4.69) is 29.6 Å². The first-order valence-corrected chi connectivity index (χ1v) is 13.3. The van der Waals surface area contributed by atoms with Crippen molar-refractivity contribution in [1.29, 1.82) is 0 Å². The van der Waals surface area contributed by atoms with Gasteiger partial charge < -0.3 is 15.2 Å². The molecular formula is C32H33NO4. The maximum atomic E-state index is 14.1. The molecule has 0 aromatic heterocycles. The van der Waals surface area contributed by atoms with Crippen LogP contribution in [0.5, 0.6) is 5.75 Å². The van der Waals surface area contributed by atoms with Gasteiger partial charge in [0.1, 0.15) is 5.75 Å². The fraction of sp³-hybridized carbons (Fsp3) is 0.375. The number of aliphatic carboxylic acids is 1. The first-order valence-electron chi connectivity index (χ1n) is 13.3. The lowest BCUT2D eigenvalue weighted by Gasteiger charge is -2.60. The minimum atomic E-state index is -1.04. The van der Waals surface area contributed by atoms with E-state index in [0.717, 1.165) is 29.5 Å². The molecule has 7 rings (SSSR count). The molecule has 3 aliphatic carbocycles. The molecule has 1 saturated heterocycles. The number of ether oxygens (including phenoxy) is 1. The van der Waals surface area contributed by atoms with Crippen molar-refractivity contribution in [3.8, 4) is 5.75 Å². The molecule has 0 spiro atoms. The Kier molecular flexibility index (Phi) is 5.72. The highest BCUT2D eigenvalue weighted by Gasteiger charge is 2.72. The van der Waals surface area contributed by atoms with Gasteiger partial charge in [-0.25, -0.2) is 0 Å². The lowest BCUT2D eigenvalue weighted by Crippen LogP contribution is -2.62. The first-order chi connectivity index (χ1) is 17.9. The van der Waals surface area contributed by atoms with Gasteiger partial charge in [-0.3, -0.25) is 9.59 Å². The third kappa shape index (κ3) is 3.40. The normalized spacial score (nSPS) is 29.5. The Bertz CT molecular complexity index is 1350. The molecule has 0 amide bonds. The number of nitrogens with one attached hydrogen (secondary N) is 1. The van der Waals surface area contributed by atoms with E-state index in [9.17, 15) is 14.7 Å². The van der Waals surface area contributed by atoms with Crippen molar-refractivity contribution in [2.75, 3.05) is 6.54 Å². The molecule has 1 aliphatic heterocycles. The van der Waals surface area contributed by atoms with E-state index in [0.29, 0.717) is 12.3 Å². The van der Waals surface area contributed by atoms with Gasteiger partial charge in [0.25, 0.3) is 0 Å². The maximum Gasteiger partial charge on any atom is 0.311 e. The van der Waals surface area contributed by atoms with Crippen LogP contribution < -0.4 is 10.1 Å². The summed E-state index contributed by atoms with van der Waals surface area (Å²) < 4.78 is 5.99. The number of carbonyl (C=O) groups excluding carboxylic acids is 1. The topological polar surface area (TPSA) is 75.6 Å². The molecule has 3 aromatic carbocycles. The van der Waals surface area contributed by atoms with Crippen molar-refractivity contribution in [1.82, 2.24) is 5.32 Å². The molecular weight excluding hydrogens is 462 g/mol. The van der Waals surface area contributed by atoms with E-state index >= 15 is 0 Å². The number of benzene rings is 3. The highest BCUT2D eigenvalue weighted by atomic mass is 16.5. The molecule has 190 valence electrons. The van der Waals surface area contributed by atoms with Crippen LogP contribution in [0, 0.1) is 11.3 Å². The summed E-state index contributed by atoms with van der Waals surface area (Å²) in [5, 5.41) is 14.3. The maximum absolute atomic E-state index is 14.1. The number of hydrogen-bond acceptors (Lipinski definition) is 4. The lowest BCUT2D eigenvalue weighted by molar-refractivity contribution is -0.158. The number of carboxylic acids is 1. The highest BCUT2D eigenvalue weighted by Crippen LogP contribution is 2.69. The quantitative estimate of drug-likeness (QED) is 0.476. The SMILES string of the molecule is CC(C)Oc1ccccc1CC(=O)C1NCC2(C(=O)O)C3CCC(c4ccccc4)(c4ccccc43)C12. The Morgan fingerprint density at radius 2 is 1.70 bits per heavy atom. The number of carboxylic acid groups (broad SMARTS) is 1. The number of Topliss-reactive ketones (excluding diaryl/α,β-unsaturated/α-hetero) is 1. The van der Waals surface area contributed by atoms with Crippen LogP contribution in [0.1, 0.15) is 54.9 Å². The largest absolute Gasteiger partial charge is 0.491 e. The smallest absolute Gasteiger partial charge is 0.311 e. The van der Waals surface area contributed by atoms with Crippen LogP contribution in [0.25, 0.3) is 0 Å². The molecule has 4 aliphatic rings. The zero-order valence-corrected chi connectivity index (χ0v) is 21.3. The predicted octanol–water partition coefficient (Wildman–Crippen LogP) is 5.12. The summed E-state index contributed by atoms with van der Waals surface area (Å²) in [4.78, 5) is 27.4. The van der Waals surface area contributed by atoms with Gasteiger partial charge in [-0.1, -0.05) is 72.8 Å². The number of para-hydroxylation sites is 1. The van der Waals surface area contributed by atoms with E-state index in [-0.39, 0.29) is 30.1 Å². The molecule has 1 saturated carbocycles. The van der Waals surface area contributed by atoms with Gasteiger partial charge in [-0.2, -0.15) is 0 Å². The summed E-state index contributed by atoms with van der Waals surface area (Å²) in [7, 11) is 0. The molecule has 5 heteroatoms. The summed E-state index contributed by atoms with van der Waals surface area (Å²) >= 11 is 0. The Hall–Kier alpha value is -3.44. The molecule has 5 atom stereocenters. The Morgan fingerprint density at radius 1 is 1.00 bits per heavy atom. The molecule has 3 aromatic rings. The minimum Gasteiger partial charge on any atom is -0.491 e. The van der Waals surface area contributed by atoms with Crippen LogP contribution in [0.4, 0.5) is 0 Å². The Balaban J connectivity index is 1.49. The molecule has 0 radical (unpaired) electrons. The standard InChI is InChI=1S/C32H33NO4/c1-20(2)37-27-15-9-6-10-21(27)18-26(34)28-29-31(22-11-4-3-5-12-22)17-16-25(23-13-7-8-14-24(23)31)32(29,19-33-28)30(35)36/h3-15,20,25,28-29,33H,16-19H2,1-2H3,(H,35,36). The van der Waals surface area contributed by atoms with Crippen molar-refractivity contribution in [2.45, 2.75) is 56.6 Å². The fourth-order valence-corrected chi connectivity index (χ4v) is 7.78. The summed E-state index contributed by atoms with van der Waals surface area (Å²) in [6, 6.07) is 25.7. The van der Waals surface area contributed by atoms with Gasteiger partial charge in [-0.15, -0.1) is 0 Å². The van der Waals surface area contributed by atoms with E-state index in [1.165, 1.54) is 5.56 Å². The summed E-state index contributed by atoms with van der Waals surface area (Å²) in [6.07, 6.45) is 1.82. The summed E-state index contributed by atoms with van der Waals surface area (Å²) in [6.45, 7) is 4.23. The first kappa shape index (κ1) is 23.9. The zero-order chi connectivity index (χ0) is 25.8. The molecule has 5 nitrogen and oxygen atoms in total. The van der Waals surface area contributed by atoms with Gasteiger partial charge in [-0.05, 0) is 49.4 Å². The minimum absolute atomic E-state index is 0.00699. The van der Waals surface area contributed by atoms with Crippen molar-refractivity contribution >= 4 is 11.8 Å². The third-order valence-corrected chi connectivity index (χ3v) is 9.03. The second kappa shape index (κ2) is 8.84. The van der Waals surface area contributed by atoms with Crippen LogP contribution in [-0.4, -0.2) is 35.5 Å². The van der Waals surface area contributed by atoms with E-state index in [1.54, 1.807) is 0 Å². The lowest BCUT2D eigenvalue weighted by atomic mass is 9.41. The van der Waals surface area contributed by atoms with Gasteiger partial charge in [0.2, 0.25) is 0 Å². The number of hydrogen-bond donors (Lipinski definition) is 2. The molecule has 1 heterocycles. The number of carbonyl (C=O) groups is 2. The average molecular weight is 496 g/mol. The molecule has 5 unspecified atom stereocenters. The second-order valence-corrected chi connectivity index (χ2v) is 11.1. The number of fused-ring (bicyclic) bond motifs is 1. The average Bonchev–Trinajstić information content (AvgIpc) is 3.34. The molecule has 2 bridgehead atoms. The zero-order valence-electron chi connectivity index (χ0n) is 21.3. The molecule has 2 fully saturated rings. The third-order valence-electron chi connectivity index (χ3n) is 9.03. The predicted molar refractivity (Wildman–Crippen MR) is 142 cm³/mol. The Morgan fingerprint density at radius 3 is 2.46 bits per heavy atom. The van der Waals surface area contributed by atoms with E-state index in [4.69, 9.17) is 4.74 Å². The van der Waals surface area contributed by atoms with Crippen molar-refractivity contribution < 1.29 is 19.4 Å². The second-order valence-electron chi connectivity index (χ2n) is 11.1. The number of rotatable bonds is 7. The van der Waals surface area contributed by atoms with Crippen LogP contribution in [0.3, 0.4) is 0 Å². The van der Waals surface area contributed by atoms with Crippen LogP contribution in [0.2, 0.25) is 0 Å². The Labute approximate surface area is 217 Å². The van der Waals surface area contributed by atoms with Crippen LogP contribution >= 0.6 is 0 Å². The monoisotopic (exact) mass is 495 g/mol. The summed E-state index contributed by atoms with van der Waals surface area (Å²) in [5.74, 6) is -0.587. The molecule has 37 heavy (non-hydrogen) atoms.